The number of nitrogens with one attached hydrogen (secondary N) is 1. The lowest BCUT2D eigenvalue weighted by Gasteiger charge is -2.35. The highest BCUT2D eigenvalue weighted by Crippen LogP contribution is 2.36. The summed E-state index contributed by atoms with van der Waals surface area (Å²) in [5.74, 6) is 1.16. The number of alkyl halides is 3. The van der Waals surface area contributed by atoms with Gasteiger partial charge in [-0.15, -0.1) is 0 Å². The van der Waals surface area contributed by atoms with E-state index in [-0.39, 0.29) is 12.5 Å². The van der Waals surface area contributed by atoms with Crippen LogP contribution >= 0.6 is 0 Å². The molecule has 1 atom stereocenters. The maximum Gasteiger partial charge on any atom is 0.389 e. The zero-order chi connectivity index (χ0) is 21.4. The molecule has 1 aliphatic rings. The molecule has 3 rings (SSSR count). The van der Waals surface area contributed by atoms with Gasteiger partial charge in [0.2, 0.25) is 0 Å². The van der Waals surface area contributed by atoms with Crippen molar-refractivity contribution in [2.45, 2.75) is 38.6 Å². The highest BCUT2D eigenvalue weighted by atomic mass is 19.4. The van der Waals surface area contributed by atoms with E-state index in [1.807, 2.05) is 55.5 Å². The molecule has 1 heterocycles. The first-order valence-electron chi connectivity index (χ1n) is 10.4. The Bertz CT molecular complexity index is 778. The minimum absolute atomic E-state index is 0.0271. The first kappa shape index (κ1) is 22.4. The van der Waals surface area contributed by atoms with E-state index in [1.54, 1.807) is 0 Å². The fourth-order valence-electron chi connectivity index (χ4n) is 3.71. The molecule has 0 radical (unpaired) electrons. The molecule has 1 saturated heterocycles. The molecule has 2 aromatic carbocycles. The Labute approximate surface area is 176 Å². The second-order valence-corrected chi connectivity index (χ2v) is 7.37. The van der Waals surface area contributed by atoms with Crippen LogP contribution in [0.2, 0.25) is 0 Å². The fraction of sp³-hybridized carbons (Fsp3) is 0.478. The first-order valence-corrected chi connectivity index (χ1v) is 10.4. The maximum absolute atomic E-state index is 12.9. The monoisotopic (exact) mass is 422 g/mol. The van der Waals surface area contributed by atoms with E-state index in [1.165, 1.54) is 0 Å². The molecule has 0 aliphatic carbocycles. The van der Waals surface area contributed by atoms with Crippen LogP contribution in [0.3, 0.4) is 0 Å². The molecule has 164 valence electrons. The molecule has 1 N–H and O–H groups in total. The molecule has 0 bridgehead atoms. The third kappa shape index (κ3) is 6.64. The Morgan fingerprint density at radius 3 is 2.40 bits per heavy atom. The van der Waals surface area contributed by atoms with Crippen molar-refractivity contribution >= 4 is 0 Å². The Hall–Kier alpha value is -2.25. The van der Waals surface area contributed by atoms with Crippen molar-refractivity contribution in [2.24, 2.45) is 0 Å². The molecule has 0 saturated carbocycles. The number of nitrogens with zero attached hydrogens (tertiary/aromatic N) is 1. The lowest BCUT2D eigenvalue weighted by molar-refractivity contribution is -0.138. The second-order valence-electron chi connectivity index (χ2n) is 7.37. The molecule has 0 aromatic heterocycles. The van der Waals surface area contributed by atoms with Crippen molar-refractivity contribution in [3.8, 4) is 11.5 Å². The summed E-state index contributed by atoms with van der Waals surface area (Å²) in [6.07, 6.45) is -4.95. The number of benzene rings is 2. The largest absolute Gasteiger partial charge is 0.490 e. The number of halogens is 3. The zero-order valence-electron chi connectivity index (χ0n) is 17.3. The Morgan fingerprint density at radius 1 is 1.00 bits per heavy atom. The standard InChI is InChI=1S/C23H29F3N2O2/c1-2-29-22-16-19(8-9-21(22)30-17-18-6-4-3-5-7-18)20(10-11-23(24,25)26)28-14-12-27-13-15-28/h3-9,16,20,27H,2,10-15,17H2,1H3/t20-/m0/s1. The highest BCUT2D eigenvalue weighted by molar-refractivity contribution is 5.44. The fourth-order valence-corrected chi connectivity index (χ4v) is 3.71. The number of rotatable bonds is 9. The van der Waals surface area contributed by atoms with Crippen LogP contribution in [0.5, 0.6) is 11.5 Å². The maximum atomic E-state index is 12.9. The van der Waals surface area contributed by atoms with Crippen molar-refractivity contribution in [2.75, 3.05) is 32.8 Å². The predicted octanol–water partition coefficient (Wildman–Crippen LogP) is 4.95. The number of hydrogen-bond donors (Lipinski definition) is 1. The molecule has 30 heavy (non-hydrogen) atoms. The Balaban J connectivity index is 1.80. The van der Waals surface area contributed by atoms with Crippen LogP contribution < -0.4 is 14.8 Å². The van der Waals surface area contributed by atoms with E-state index >= 15 is 0 Å². The van der Waals surface area contributed by atoms with Gasteiger partial charge in [-0.25, -0.2) is 0 Å². The average molecular weight is 422 g/mol. The van der Waals surface area contributed by atoms with Crippen molar-refractivity contribution in [3.63, 3.8) is 0 Å². The molecule has 7 heteroatoms. The molecule has 4 nitrogen and oxygen atoms in total. The quantitative estimate of drug-likeness (QED) is 0.620. The van der Waals surface area contributed by atoms with Gasteiger partial charge in [-0.1, -0.05) is 36.4 Å². The summed E-state index contributed by atoms with van der Waals surface area (Å²) in [4.78, 5) is 2.12. The van der Waals surface area contributed by atoms with Gasteiger partial charge < -0.3 is 14.8 Å². The van der Waals surface area contributed by atoms with Crippen molar-refractivity contribution in [1.82, 2.24) is 10.2 Å². The van der Waals surface area contributed by atoms with Crippen LogP contribution in [-0.2, 0) is 6.61 Å². The van der Waals surface area contributed by atoms with Crippen LogP contribution in [0.1, 0.15) is 36.9 Å². The third-order valence-corrected chi connectivity index (χ3v) is 5.18. The number of piperazine rings is 1. The van der Waals surface area contributed by atoms with E-state index in [0.29, 0.717) is 24.7 Å². The van der Waals surface area contributed by atoms with Crippen LogP contribution in [0, 0.1) is 0 Å². The molecule has 0 amide bonds. The van der Waals surface area contributed by atoms with Gasteiger partial charge in [-0.3, -0.25) is 4.90 Å². The summed E-state index contributed by atoms with van der Waals surface area (Å²) in [6, 6.07) is 15.0. The minimum Gasteiger partial charge on any atom is -0.490 e. The molecular formula is C23H29F3N2O2. The molecule has 2 aromatic rings. The summed E-state index contributed by atoms with van der Waals surface area (Å²) in [5.41, 5.74) is 1.87. The van der Waals surface area contributed by atoms with Crippen LogP contribution in [0.4, 0.5) is 13.2 Å². The predicted molar refractivity (Wildman–Crippen MR) is 111 cm³/mol. The lowest BCUT2D eigenvalue weighted by atomic mass is 9.98. The Kier molecular flexibility index (Phi) is 7.99. The van der Waals surface area contributed by atoms with Crippen molar-refractivity contribution in [3.05, 3.63) is 59.7 Å². The number of ether oxygens (including phenoxy) is 2. The Morgan fingerprint density at radius 2 is 1.73 bits per heavy atom. The van der Waals surface area contributed by atoms with Gasteiger partial charge in [0, 0.05) is 38.6 Å². The molecular weight excluding hydrogens is 393 g/mol. The third-order valence-electron chi connectivity index (χ3n) is 5.18. The second kappa shape index (κ2) is 10.7. The van der Waals surface area contributed by atoms with Crippen molar-refractivity contribution < 1.29 is 22.6 Å². The molecule has 0 unspecified atom stereocenters. The van der Waals surface area contributed by atoms with E-state index in [2.05, 4.69) is 10.2 Å². The van der Waals surface area contributed by atoms with Crippen molar-refractivity contribution in [1.29, 1.82) is 0 Å². The molecule has 1 aliphatic heterocycles. The van der Waals surface area contributed by atoms with Gasteiger partial charge >= 0.3 is 6.18 Å². The van der Waals surface area contributed by atoms with Gasteiger partial charge in [-0.2, -0.15) is 13.2 Å². The van der Waals surface area contributed by atoms with Crippen LogP contribution in [0.25, 0.3) is 0 Å². The topological polar surface area (TPSA) is 33.7 Å². The van der Waals surface area contributed by atoms with E-state index in [4.69, 9.17) is 9.47 Å². The lowest BCUT2D eigenvalue weighted by Crippen LogP contribution is -2.45. The normalized spacial score (nSPS) is 16.3. The summed E-state index contributed by atoms with van der Waals surface area (Å²) in [7, 11) is 0. The molecule has 1 fully saturated rings. The summed E-state index contributed by atoms with van der Waals surface area (Å²) in [6.45, 7) is 5.72. The van der Waals surface area contributed by atoms with E-state index in [0.717, 1.165) is 37.3 Å². The molecule has 0 spiro atoms. The van der Waals surface area contributed by atoms with Crippen LogP contribution in [0.15, 0.2) is 48.5 Å². The number of hydrogen-bond acceptors (Lipinski definition) is 4. The van der Waals surface area contributed by atoms with Crippen LogP contribution in [-0.4, -0.2) is 43.9 Å². The smallest absolute Gasteiger partial charge is 0.389 e. The summed E-state index contributed by atoms with van der Waals surface area (Å²) < 4.78 is 50.6. The first-order chi connectivity index (χ1) is 14.5. The van der Waals surface area contributed by atoms with Gasteiger partial charge in [0.05, 0.1) is 6.61 Å². The van der Waals surface area contributed by atoms with Gasteiger partial charge in [-0.05, 0) is 36.6 Å². The zero-order valence-corrected chi connectivity index (χ0v) is 17.3. The van der Waals surface area contributed by atoms with E-state index in [9.17, 15) is 13.2 Å². The highest BCUT2D eigenvalue weighted by Gasteiger charge is 2.31. The average Bonchev–Trinajstić information content (AvgIpc) is 2.74. The summed E-state index contributed by atoms with van der Waals surface area (Å²) >= 11 is 0. The van der Waals surface area contributed by atoms with E-state index < -0.39 is 12.6 Å². The minimum atomic E-state index is -4.17. The van der Waals surface area contributed by atoms with Gasteiger partial charge in [0.15, 0.2) is 11.5 Å². The SMILES string of the molecule is CCOc1cc([C@H](CCC(F)(F)F)N2CCNCC2)ccc1OCc1ccccc1. The van der Waals surface area contributed by atoms with Gasteiger partial charge in [0.25, 0.3) is 0 Å². The summed E-state index contributed by atoms with van der Waals surface area (Å²) in [5, 5.41) is 3.26. The van der Waals surface area contributed by atoms with Gasteiger partial charge in [0.1, 0.15) is 6.61 Å².